The Morgan fingerprint density at radius 2 is 2.33 bits per heavy atom. The number of carboxylic acids is 1. The van der Waals surface area contributed by atoms with Gasteiger partial charge in [-0.15, -0.1) is 11.3 Å². The molecule has 1 aliphatic heterocycles. The van der Waals surface area contributed by atoms with Gasteiger partial charge in [-0.2, -0.15) is 0 Å². The largest absolute Gasteiger partial charge is 0.479 e. The zero-order valence-electron chi connectivity index (χ0n) is 10.1. The number of thiophene rings is 1. The third-order valence-corrected chi connectivity index (χ3v) is 4.07. The van der Waals surface area contributed by atoms with E-state index in [-0.39, 0.29) is 19.1 Å². The fourth-order valence-electron chi connectivity index (χ4n) is 1.82. The number of amides is 1. The molecule has 1 aromatic heterocycles. The Labute approximate surface area is 109 Å². The number of nitrogens with zero attached hydrogens (tertiary/aromatic N) is 1. The van der Waals surface area contributed by atoms with E-state index in [4.69, 9.17) is 9.84 Å². The van der Waals surface area contributed by atoms with Gasteiger partial charge in [0.15, 0.2) is 6.10 Å². The lowest BCUT2D eigenvalue weighted by Gasteiger charge is -2.30. The fourth-order valence-corrected chi connectivity index (χ4v) is 2.74. The third-order valence-electron chi connectivity index (χ3n) is 2.85. The van der Waals surface area contributed by atoms with Gasteiger partial charge in [0.1, 0.15) is 0 Å². The first kappa shape index (κ1) is 13.0. The summed E-state index contributed by atoms with van der Waals surface area (Å²) in [5, 5.41) is 8.89. The highest BCUT2D eigenvalue weighted by Crippen LogP contribution is 2.20. The van der Waals surface area contributed by atoms with Crippen molar-refractivity contribution in [3.8, 4) is 0 Å². The van der Waals surface area contributed by atoms with Gasteiger partial charge in [0.25, 0.3) is 5.91 Å². The number of hydrogen-bond donors (Lipinski definition) is 1. The number of carboxylic acid groups (broad SMARTS) is 1. The molecular weight excluding hydrogens is 254 g/mol. The Morgan fingerprint density at radius 3 is 2.94 bits per heavy atom. The first-order valence-electron chi connectivity index (χ1n) is 5.84. The zero-order chi connectivity index (χ0) is 13.1. The standard InChI is InChI=1S/C12H15NO4S/c1-2-8-3-4-10(18-8)11(14)13-5-6-17-9(7-13)12(15)16/h3-4,9H,2,5-7H2,1H3,(H,15,16). The average Bonchev–Trinajstić information content (AvgIpc) is 2.86. The maximum Gasteiger partial charge on any atom is 0.334 e. The van der Waals surface area contributed by atoms with Gasteiger partial charge in [0.05, 0.1) is 18.0 Å². The molecule has 1 unspecified atom stereocenters. The Bertz CT molecular complexity index is 457. The SMILES string of the molecule is CCc1ccc(C(=O)N2CCOC(C(=O)O)C2)s1. The number of carbonyl (C=O) groups excluding carboxylic acids is 1. The van der Waals surface area contributed by atoms with Crippen LogP contribution in [0.2, 0.25) is 0 Å². The summed E-state index contributed by atoms with van der Waals surface area (Å²) < 4.78 is 5.09. The number of hydrogen-bond acceptors (Lipinski definition) is 4. The highest BCUT2D eigenvalue weighted by Gasteiger charge is 2.29. The minimum absolute atomic E-state index is 0.103. The first-order valence-corrected chi connectivity index (χ1v) is 6.66. The van der Waals surface area contributed by atoms with Crippen molar-refractivity contribution < 1.29 is 19.4 Å². The lowest BCUT2D eigenvalue weighted by Crippen LogP contribution is -2.48. The molecule has 2 rings (SSSR count). The molecule has 2 heterocycles. The summed E-state index contributed by atoms with van der Waals surface area (Å²) in [6.07, 6.45) is -0.00738. The predicted octanol–water partition coefficient (Wildman–Crippen LogP) is 1.24. The van der Waals surface area contributed by atoms with E-state index in [9.17, 15) is 9.59 Å². The van der Waals surface area contributed by atoms with Gasteiger partial charge >= 0.3 is 5.97 Å². The van der Waals surface area contributed by atoms with Crippen LogP contribution in [0.15, 0.2) is 12.1 Å². The Morgan fingerprint density at radius 1 is 1.56 bits per heavy atom. The van der Waals surface area contributed by atoms with Crippen molar-refractivity contribution in [2.75, 3.05) is 19.7 Å². The molecule has 0 spiro atoms. The molecule has 5 nitrogen and oxygen atoms in total. The minimum atomic E-state index is -1.02. The Hall–Kier alpha value is -1.40. The number of morpholine rings is 1. The van der Waals surface area contributed by atoms with Crippen LogP contribution in [0.3, 0.4) is 0 Å². The molecule has 1 aliphatic rings. The fraction of sp³-hybridized carbons (Fsp3) is 0.500. The van der Waals surface area contributed by atoms with Crippen LogP contribution in [0.1, 0.15) is 21.5 Å². The topological polar surface area (TPSA) is 66.8 Å². The number of carbonyl (C=O) groups is 2. The zero-order valence-corrected chi connectivity index (χ0v) is 10.9. The summed E-state index contributed by atoms with van der Waals surface area (Å²) in [7, 11) is 0. The number of ether oxygens (including phenoxy) is 1. The molecule has 1 amide bonds. The number of rotatable bonds is 3. The second kappa shape index (κ2) is 5.49. The second-order valence-corrected chi connectivity index (χ2v) is 5.24. The monoisotopic (exact) mass is 269 g/mol. The van der Waals surface area contributed by atoms with Gasteiger partial charge in [-0.1, -0.05) is 6.92 Å². The van der Waals surface area contributed by atoms with Crippen molar-refractivity contribution in [1.29, 1.82) is 0 Å². The van der Waals surface area contributed by atoms with Gasteiger partial charge < -0.3 is 14.7 Å². The van der Waals surface area contributed by atoms with Crippen LogP contribution in [0, 0.1) is 0 Å². The van der Waals surface area contributed by atoms with Crippen molar-refractivity contribution in [3.05, 3.63) is 21.9 Å². The lowest BCUT2D eigenvalue weighted by molar-refractivity contribution is -0.154. The Kier molecular flexibility index (Phi) is 3.98. The molecule has 1 N–H and O–H groups in total. The van der Waals surface area contributed by atoms with E-state index in [1.807, 2.05) is 13.0 Å². The number of aliphatic carboxylic acids is 1. The molecule has 0 radical (unpaired) electrons. The van der Waals surface area contributed by atoms with Crippen LogP contribution in [-0.4, -0.2) is 47.7 Å². The lowest BCUT2D eigenvalue weighted by atomic mass is 10.2. The van der Waals surface area contributed by atoms with Crippen molar-refractivity contribution in [3.63, 3.8) is 0 Å². The van der Waals surface area contributed by atoms with Crippen LogP contribution in [0.25, 0.3) is 0 Å². The molecule has 1 atom stereocenters. The van der Waals surface area contributed by atoms with Crippen LogP contribution < -0.4 is 0 Å². The maximum absolute atomic E-state index is 12.2. The minimum Gasteiger partial charge on any atom is -0.479 e. The van der Waals surface area contributed by atoms with Crippen LogP contribution in [0.5, 0.6) is 0 Å². The van der Waals surface area contributed by atoms with Crippen molar-refractivity contribution in [2.45, 2.75) is 19.4 Å². The molecular formula is C12H15NO4S. The molecule has 98 valence electrons. The van der Waals surface area contributed by atoms with E-state index in [2.05, 4.69) is 0 Å². The third kappa shape index (κ3) is 2.70. The van der Waals surface area contributed by atoms with E-state index in [0.717, 1.165) is 11.3 Å². The molecule has 0 saturated carbocycles. The van der Waals surface area contributed by atoms with Crippen molar-refractivity contribution >= 4 is 23.2 Å². The van der Waals surface area contributed by atoms with Crippen molar-refractivity contribution in [2.24, 2.45) is 0 Å². The molecule has 1 aromatic rings. The highest BCUT2D eigenvalue weighted by molar-refractivity contribution is 7.14. The summed E-state index contributed by atoms with van der Waals surface area (Å²) >= 11 is 1.46. The normalized spacial score (nSPS) is 19.8. The molecule has 0 bridgehead atoms. The van der Waals surface area contributed by atoms with E-state index in [1.54, 1.807) is 11.0 Å². The van der Waals surface area contributed by atoms with E-state index >= 15 is 0 Å². The summed E-state index contributed by atoms with van der Waals surface area (Å²) in [5.74, 6) is -1.12. The van der Waals surface area contributed by atoms with Gasteiger partial charge in [-0.25, -0.2) is 4.79 Å². The smallest absolute Gasteiger partial charge is 0.334 e. The van der Waals surface area contributed by atoms with Gasteiger partial charge in [0, 0.05) is 11.4 Å². The molecule has 18 heavy (non-hydrogen) atoms. The molecule has 6 heteroatoms. The van der Waals surface area contributed by atoms with Gasteiger partial charge in [-0.05, 0) is 18.6 Å². The number of aryl methyl sites for hydroxylation is 1. The van der Waals surface area contributed by atoms with Crippen LogP contribution >= 0.6 is 11.3 Å². The molecule has 1 fully saturated rings. The second-order valence-electron chi connectivity index (χ2n) is 4.07. The summed E-state index contributed by atoms with van der Waals surface area (Å²) in [6, 6.07) is 3.74. The highest BCUT2D eigenvalue weighted by atomic mass is 32.1. The maximum atomic E-state index is 12.2. The van der Waals surface area contributed by atoms with Gasteiger partial charge in [-0.3, -0.25) is 4.79 Å². The predicted molar refractivity (Wildman–Crippen MR) is 67.0 cm³/mol. The van der Waals surface area contributed by atoms with E-state index < -0.39 is 12.1 Å². The molecule has 1 saturated heterocycles. The van der Waals surface area contributed by atoms with E-state index in [1.165, 1.54) is 11.3 Å². The quantitative estimate of drug-likeness (QED) is 0.896. The van der Waals surface area contributed by atoms with Crippen molar-refractivity contribution in [1.82, 2.24) is 4.90 Å². The summed E-state index contributed by atoms with van der Waals surface area (Å²) in [5.41, 5.74) is 0. The average molecular weight is 269 g/mol. The molecule has 0 aromatic carbocycles. The van der Waals surface area contributed by atoms with E-state index in [0.29, 0.717) is 11.4 Å². The first-order chi connectivity index (χ1) is 8.61. The summed E-state index contributed by atoms with van der Waals surface area (Å²) in [4.78, 5) is 26.4. The summed E-state index contributed by atoms with van der Waals surface area (Å²) in [6.45, 7) is 2.87. The van der Waals surface area contributed by atoms with Crippen LogP contribution in [-0.2, 0) is 16.0 Å². The van der Waals surface area contributed by atoms with Crippen LogP contribution in [0.4, 0.5) is 0 Å². The van der Waals surface area contributed by atoms with Gasteiger partial charge in [0.2, 0.25) is 0 Å². The Balaban J connectivity index is 2.06. The molecule has 0 aliphatic carbocycles.